The molecule has 0 aliphatic carbocycles. The molecule has 0 unspecified atom stereocenters. The van der Waals surface area contributed by atoms with Crippen LogP contribution in [0.5, 0.6) is 0 Å². The molecule has 0 spiro atoms. The third kappa shape index (κ3) is 4.75. The number of nitrogens with zero attached hydrogens (tertiary/aromatic N) is 1. The highest BCUT2D eigenvalue weighted by molar-refractivity contribution is 9.10. The summed E-state index contributed by atoms with van der Waals surface area (Å²) in [4.78, 5) is 0.284. The molecule has 1 aromatic carbocycles. The number of hydrogen-bond donors (Lipinski definition) is 1. The Balaban J connectivity index is 3.15. The molecule has 0 saturated carbocycles. The normalized spacial score (nSPS) is 12.3. The first-order chi connectivity index (χ1) is 9.84. The fourth-order valence-electron chi connectivity index (χ4n) is 2.03. The van der Waals surface area contributed by atoms with Gasteiger partial charge in [0.15, 0.2) is 0 Å². The average Bonchev–Trinajstić information content (AvgIpc) is 2.38. The summed E-state index contributed by atoms with van der Waals surface area (Å²) in [6.45, 7) is 5.11. The van der Waals surface area contributed by atoms with Gasteiger partial charge in [-0.2, -0.15) is 4.31 Å². The van der Waals surface area contributed by atoms with Crippen molar-refractivity contribution in [2.75, 3.05) is 27.3 Å². The molecule has 0 aliphatic rings. The number of methoxy groups -OCH3 is 1. The molecule has 0 amide bonds. The summed E-state index contributed by atoms with van der Waals surface area (Å²) in [5, 5.41) is 3.04. The summed E-state index contributed by atoms with van der Waals surface area (Å²) in [5.74, 6) is 0. The van der Waals surface area contributed by atoms with Crippen molar-refractivity contribution in [3.63, 3.8) is 0 Å². The minimum Gasteiger partial charge on any atom is -0.383 e. The van der Waals surface area contributed by atoms with Crippen molar-refractivity contribution in [1.82, 2.24) is 9.62 Å². The lowest BCUT2D eigenvalue weighted by molar-refractivity contribution is 0.171. The highest BCUT2D eigenvalue weighted by atomic mass is 79.9. The van der Waals surface area contributed by atoms with Crippen LogP contribution in [0.15, 0.2) is 27.6 Å². The number of rotatable bonds is 8. The zero-order valence-electron chi connectivity index (χ0n) is 12.9. The minimum absolute atomic E-state index is 0.131. The molecule has 0 radical (unpaired) electrons. The van der Waals surface area contributed by atoms with E-state index in [2.05, 4.69) is 21.2 Å². The Kier molecular flexibility index (Phi) is 7.29. The maximum Gasteiger partial charge on any atom is 0.244 e. The fraction of sp³-hybridized carbons (Fsp3) is 0.571. The summed E-state index contributed by atoms with van der Waals surface area (Å²) in [6, 6.07) is 5.17. The van der Waals surface area contributed by atoms with E-state index >= 15 is 0 Å². The van der Waals surface area contributed by atoms with Gasteiger partial charge in [0.2, 0.25) is 10.0 Å². The zero-order chi connectivity index (χ0) is 16.0. The van der Waals surface area contributed by atoms with E-state index in [1.165, 1.54) is 4.31 Å². The van der Waals surface area contributed by atoms with Crippen LogP contribution < -0.4 is 5.32 Å². The van der Waals surface area contributed by atoms with E-state index in [4.69, 9.17) is 4.74 Å². The number of ether oxygens (including phenoxy) is 1. The molecular formula is C14H23BrN2O3S. The van der Waals surface area contributed by atoms with Gasteiger partial charge >= 0.3 is 0 Å². The molecule has 0 aromatic heterocycles. The van der Waals surface area contributed by atoms with Crippen molar-refractivity contribution < 1.29 is 13.2 Å². The summed E-state index contributed by atoms with van der Waals surface area (Å²) >= 11 is 3.37. The van der Waals surface area contributed by atoms with Crippen LogP contribution in [0.3, 0.4) is 0 Å². The van der Waals surface area contributed by atoms with Crippen molar-refractivity contribution in [1.29, 1.82) is 0 Å². The molecule has 21 heavy (non-hydrogen) atoms. The van der Waals surface area contributed by atoms with E-state index in [1.807, 2.05) is 33.0 Å². The SMILES string of the molecule is CNCc1ccc(S(=O)(=O)N(CCOC)C(C)C)c(Br)c1. The molecule has 1 rings (SSSR count). The van der Waals surface area contributed by atoms with E-state index < -0.39 is 10.0 Å². The lowest BCUT2D eigenvalue weighted by atomic mass is 10.2. The largest absolute Gasteiger partial charge is 0.383 e. The Morgan fingerprint density at radius 1 is 1.38 bits per heavy atom. The lowest BCUT2D eigenvalue weighted by Gasteiger charge is -2.26. The third-order valence-electron chi connectivity index (χ3n) is 3.06. The number of sulfonamides is 1. The second-order valence-corrected chi connectivity index (χ2v) is 7.71. The predicted octanol–water partition coefficient (Wildman–Crippen LogP) is 2.21. The molecule has 5 nitrogen and oxygen atoms in total. The molecule has 1 N–H and O–H groups in total. The molecule has 0 heterocycles. The maximum absolute atomic E-state index is 12.8. The highest BCUT2D eigenvalue weighted by Crippen LogP contribution is 2.27. The van der Waals surface area contributed by atoms with Gasteiger partial charge in [-0.25, -0.2) is 8.42 Å². The van der Waals surface area contributed by atoms with Crippen molar-refractivity contribution in [3.8, 4) is 0 Å². The van der Waals surface area contributed by atoms with Gasteiger partial charge in [-0.05, 0) is 54.5 Å². The van der Waals surface area contributed by atoms with Gasteiger partial charge in [0.25, 0.3) is 0 Å². The second-order valence-electron chi connectivity index (χ2n) is 5.00. The van der Waals surface area contributed by atoms with Gasteiger partial charge in [0.05, 0.1) is 11.5 Å². The molecule has 0 saturated heterocycles. The Labute approximate surface area is 135 Å². The average molecular weight is 379 g/mol. The Morgan fingerprint density at radius 3 is 2.52 bits per heavy atom. The molecule has 0 aliphatic heterocycles. The van der Waals surface area contributed by atoms with Crippen LogP contribution in [-0.4, -0.2) is 46.1 Å². The van der Waals surface area contributed by atoms with Gasteiger partial charge in [-0.1, -0.05) is 6.07 Å². The Bertz CT molecular complexity index is 561. The number of halogens is 1. The van der Waals surface area contributed by atoms with Crippen molar-refractivity contribution in [2.45, 2.75) is 31.3 Å². The first-order valence-electron chi connectivity index (χ1n) is 6.78. The molecule has 0 bridgehead atoms. The highest BCUT2D eigenvalue weighted by Gasteiger charge is 2.28. The lowest BCUT2D eigenvalue weighted by Crippen LogP contribution is -2.39. The summed E-state index contributed by atoms with van der Waals surface area (Å²) in [6.07, 6.45) is 0. The summed E-state index contributed by atoms with van der Waals surface area (Å²) in [5.41, 5.74) is 1.02. The molecule has 120 valence electrons. The monoisotopic (exact) mass is 378 g/mol. The minimum atomic E-state index is -3.55. The van der Waals surface area contributed by atoms with Crippen LogP contribution in [0.25, 0.3) is 0 Å². The van der Waals surface area contributed by atoms with Gasteiger partial charge < -0.3 is 10.1 Å². The number of nitrogens with one attached hydrogen (secondary N) is 1. The van der Waals surface area contributed by atoms with Gasteiger partial charge in [0.1, 0.15) is 0 Å². The third-order valence-corrected chi connectivity index (χ3v) is 6.11. The Morgan fingerprint density at radius 2 is 2.05 bits per heavy atom. The maximum atomic E-state index is 12.8. The number of hydrogen-bond acceptors (Lipinski definition) is 4. The van der Waals surface area contributed by atoms with Crippen LogP contribution in [0.1, 0.15) is 19.4 Å². The predicted molar refractivity (Wildman–Crippen MR) is 87.8 cm³/mol. The quantitative estimate of drug-likeness (QED) is 0.753. The molecule has 7 heteroatoms. The van der Waals surface area contributed by atoms with Crippen LogP contribution >= 0.6 is 15.9 Å². The van der Waals surface area contributed by atoms with Crippen LogP contribution in [0.4, 0.5) is 0 Å². The van der Waals surface area contributed by atoms with E-state index in [0.29, 0.717) is 24.2 Å². The van der Waals surface area contributed by atoms with Crippen LogP contribution in [0, 0.1) is 0 Å². The molecule has 1 aromatic rings. The van der Waals surface area contributed by atoms with Crippen LogP contribution in [0.2, 0.25) is 0 Å². The second kappa shape index (κ2) is 8.24. The standard InChI is InChI=1S/C14H23BrN2O3S/c1-11(2)17(7-8-20-4)21(18,19)14-6-5-12(10-16-3)9-13(14)15/h5-6,9,11,16H,7-8,10H2,1-4H3. The topological polar surface area (TPSA) is 58.6 Å². The first-order valence-corrected chi connectivity index (χ1v) is 9.01. The fourth-order valence-corrected chi connectivity index (χ4v) is 4.74. The van der Waals surface area contributed by atoms with E-state index in [1.54, 1.807) is 13.2 Å². The van der Waals surface area contributed by atoms with Gasteiger partial charge in [-0.15, -0.1) is 0 Å². The molecule has 0 atom stereocenters. The van der Waals surface area contributed by atoms with Crippen molar-refractivity contribution in [3.05, 3.63) is 28.2 Å². The smallest absolute Gasteiger partial charge is 0.244 e. The van der Waals surface area contributed by atoms with E-state index in [-0.39, 0.29) is 10.9 Å². The van der Waals surface area contributed by atoms with Gasteiger partial charge in [-0.3, -0.25) is 0 Å². The first kappa shape index (κ1) is 18.6. The molecule has 0 fully saturated rings. The van der Waals surface area contributed by atoms with E-state index in [0.717, 1.165) is 5.56 Å². The molecular weight excluding hydrogens is 356 g/mol. The van der Waals surface area contributed by atoms with Crippen molar-refractivity contribution >= 4 is 26.0 Å². The van der Waals surface area contributed by atoms with Gasteiger partial charge in [0, 0.05) is 30.7 Å². The zero-order valence-corrected chi connectivity index (χ0v) is 15.3. The van der Waals surface area contributed by atoms with E-state index in [9.17, 15) is 8.42 Å². The van der Waals surface area contributed by atoms with Crippen LogP contribution in [-0.2, 0) is 21.3 Å². The Hall–Kier alpha value is -0.470. The summed E-state index contributed by atoms with van der Waals surface area (Å²) < 4.78 is 32.6. The van der Waals surface area contributed by atoms with Crippen molar-refractivity contribution in [2.24, 2.45) is 0 Å². The summed E-state index contributed by atoms with van der Waals surface area (Å²) in [7, 11) is -0.135. The number of benzene rings is 1.